The fourth-order valence-electron chi connectivity index (χ4n) is 6.70. The second-order valence-electron chi connectivity index (χ2n) is 13.0. The standard InChI is InChI=1S/C43H52N2O2/c1-2-3-4-5-6-7-8-9-10-11-12-13-14-15-16-17-18-19-20-21-22-23-26-34-47-40-33-32-37-41-35(40)28-27-29-36(41)42-44-38-30-24-25-31-39(38)45(42)43(37)46/h24-25,27-33H,2-12,17-23,26,34H2,1H3. The van der Waals surface area contributed by atoms with Gasteiger partial charge in [0.05, 0.1) is 17.6 Å². The molecule has 246 valence electrons. The van der Waals surface area contributed by atoms with Crippen LogP contribution in [0.15, 0.2) is 59.4 Å². The van der Waals surface area contributed by atoms with Crippen molar-refractivity contribution in [1.29, 1.82) is 0 Å². The van der Waals surface area contributed by atoms with Gasteiger partial charge in [-0.2, -0.15) is 0 Å². The van der Waals surface area contributed by atoms with Gasteiger partial charge < -0.3 is 4.74 Å². The van der Waals surface area contributed by atoms with E-state index < -0.39 is 0 Å². The third-order valence-corrected chi connectivity index (χ3v) is 9.33. The van der Waals surface area contributed by atoms with E-state index in [1.54, 1.807) is 4.40 Å². The van der Waals surface area contributed by atoms with E-state index in [2.05, 4.69) is 42.7 Å². The number of para-hydroxylation sites is 2. The molecule has 0 saturated carbocycles. The van der Waals surface area contributed by atoms with Crippen LogP contribution < -0.4 is 10.3 Å². The highest BCUT2D eigenvalue weighted by Crippen LogP contribution is 2.34. The van der Waals surface area contributed by atoms with Gasteiger partial charge in [-0.05, 0) is 55.4 Å². The van der Waals surface area contributed by atoms with Crippen LogP contribution in [0.4, 0.5) is 0 Å². The van der Waals surface area contributed by atoms with Crippen LogP contribution in [0.5, 0.6) is 5.75 Å². The third-order valence-electron chi connectivity index (χ3n) is 9.33. The molecule has 4 heteroatoms. The van der Waals surface area contributed by atoms with Gasteiger partial charge >= 0.3 is 0 Å². The summed E-state index contributed by atoms with van der Waals surface area (Å²) in [5.74, 6) is 13.4. The molecule has 0 fully saturated rings. The molecule has 0 aliphatic carbocycles. The molecule has 5 aromatic rings. The Morgan fingerprint density at radius 2 is 1.21 bits per heavy atom. The van der Waals surface area contributed by atoms with Crippen LogP contribution in [0.1, 0.15) is 129 Å². The summed E-state index contributed by atoms with van der Waals surface area (Å²) in [5, 5.41) is 3.61. The van der Waals surface area contributed by atoms with Crippen molar-refractivity contribution < 1.29 is 4.74 Å². The highest BCUT2D eigenvalue weighted by molar-refractivity contribution is 6.17. The van der Waals surface area contributed by atoms with Crippen LogP contribution >= 0.6 is 0 Å². The quantitative estimate of drug-likeness (QED) is 0.0636. The summed E-state index contributed by atoms with van der Waals surface area (Å²) >= 11 is 0. The van der Waals surface area contributed by atoms with E-state index in [0.717, 1.165) is 58.6 Å². The average Bonchev–Trinajstić information content (AvgIpc) is 3.49. The highest BCUT2D eigenvalue weighted by atomic mass is 16.5. The minimum Gasteiger partial charge on any atom is -0.493 e. The smallest absolute Gasteiger partial charge is 0.264 e. The Bertz CT molecular complexity index is 1880. The molecule has 0 N–H and O–H groups in total. The molecule has 0 aliphatic rings. The van der Waals surface area contributed by atoms with E-state index in [-0.39, 0.29) is 5.56 Å². The molecular weight excluding hydrogens is 576 g/mol. The summed E-state index contributed by atoms with van der Waals surface area (Å²) in [5.41, 5.74) is 2.36. The monoisotopic (exact) mass is 628 g/mol. The first-order chi connectivity index (χ1) is 23.3. The lowest BCUT2D eigenvalue weighted by atomic mass is 10.0. The molecule has 0 atom stereocenters. The van der Waals surface area contributed by atoms with Crippen LogP contribution in [-0.2, 0) is 0 Å². The molecule has 4 nitrogen and oxygen atoms in total. The van der Waals surface area contributed by atoms with Crippen LogP contribution in [0.3, 0.4) is 0 Å². The number of fused-ring (bicyclic) bond motifs is 4. The number of imidazole rings is 1. The third kappa shape index (κ3) is 9.51. The molecule has 0 unspecified atom stereocenters. The zero-order chi connectivity index (χ0) is 32.5. The van der Waals surface area contributed by atoms with Crippen LogP contribution in [0, 0.1) is 23.7 Å². The Hall–Kier alpha value is -4.02. The predicted molar refractivity (Wildman–Crippen MR) is 200 cm³/mol. The molecule has 0 radical (unpaired) electrons. The normalized spacial score (nSPS) is 11.3. The van der Waals surface area contributed by atoms with Crippen molar-refractivity contribution in [3.8, 4) is 29.4 Å². The van der Waals surface area contributed by atoms with E-state index in [0.29, 0.717) is 17.6 Å². The molecule has 0 spiro atoms. The Labute approximate surface area is 281 Å². The van der Waals surface area contributed by atoms with Gasteiger partial charge in [-0.25, -0.2) is 4.98 Å². The molecule has 0 saturated heterocycles. The van der Waals surface area contributed by atoms with Gasteiger partial charge in [-0.3, -0.25) is 9.20 Å². The Morgan fingerprint density at radius 1 is 0.617 bits per heavy atom. The van der Waals surface area contributed by atoms with Gasteiger partial charge in [0, 0.05) is 34.4 Å². The van der Waals surface area contributed by atoms with Crippen molar-refractivity contribution in [3.63, 3.8) is 0 Å². The second-order valence-corrected chi connectivity index (χ2v) is 13.0. The van der Waals surface area contributed by atoms with E-state index >= 15 is 0 Å². The van der Waals surface area contributed by atoms with E-state index in [4.69, 9.17) is 9.72 Å². The van der Waals surface area contributed by atoms with Gasteiger partial charge in [-0.1, -0.05) is 139 Å². The molecule has 3 aromatic carbocycles. The lowest BCUT2D eigenvalue weighted by molar-refractivity contribution is 0.308. The minimum atomic E-state index is -0.0283. The maximum absolute atomic E-state index is 13.5. The first kappa shape index (κ1) is 34.3. The summed E-state index contributed by atoms with van der Waals surface area (Å²) in [4.78, 5) is 18.3. The zero-order valence-electron chi connectivity index (χ0n) is 28.5. The summed E-state index contributed by atoms with van der Waals surface area (Å²) in [6, 6.07) is 17.8. The molecule has 0 aliphatic heterocycles. The number of ether oxygens (including phenoxy) is 1. The first-order valence-corrected chi connectivity index (χ1v) is 18.5. The van der Waals surface area contributed by atoms with Crippen molar-refractivity contribution in [3.05, 3.63) is 65.0 Å². The molecule has 47 heavy (non-hydrogen) atoms. The lowest BCUT2D eigenvalue weighted by Gasteiger charge is -2.12. The van der Waals surface area contributed by atoms with Crippen LogP contribution in [0.25, 0.3) is 38.2 Å². The summed E-state index contributed by atoms with van der Waals surface area (Å²) in [6.45, 7) is 2.96. The lowest BCUT2D eigenvalue weighted by Crippen LogP contribution is -2.13. The molecule has 2 aromatic heterocycles. The van der Waals surface area contributed by atoms with Crippen molar-refractivity contribution in [2.75, 3.05) is 6.61 Å². The zero-order valence-corrected chi connectivity index (χ0v) is 28.5. The van der Waals surface area contributed by atoms with Crippen molar-refractivity contribution in [2.45, 2.75) is 129 Å². The Kier molecular flexibility index (Phi) is 13.8. The van der Waals surface area contributed by atoms with Crippen LogP contribution in [0.2, 0.25) is 0 Å². The van der Waals surface area contributed by atoms with Crippen molar-refractivity contribution in [1.82, 2.24) is 9.38 Å². The second kappa shape index (κ2) is 19.0. The molecule has 0 bridgehead atoms. The van der Waals surface area contributed by atoms with Gasteiger partial charge in [-0.15, -0.1) is 0 Å². The topological polar surface area (TPSA) is 43.6 Å². The maximum Gasteiger partial charge on any atom is 0.264 e. The van der Waals surface area contributed by atoms with E-state index in [9.17, 15) is 4.79 Å². The number of aromatic nitrogens is 2. The van der Waals surface area contributed by atoms with Gasteiger partial charge in [0.2, 0.25) is 0 Å². The number of unbranched alkanes of at least 4 members (excludes halogenated alkanes) is 17. The van der Waals surface area contributed by atoms with E-state index in [1.807, 2.05) is 42.5 Å². The first-order valence-electron chi connectivity index (χ1n) is 18.5. The number of hydrogen-bond donors (Lipinski definition) is 0. The predicted octanol–water partition coefficient (Wildman–Crippen LogP) is 11.4. The van der Waals surface area contributed by atoms with Crippen LogP contribution in [-0.4, -0.2) is 16.0 Å². The molecule has 5 rings (SSSR count). The van der Waals surface area contributed by atoms with Crippen molar-refractivity contribution in [2.24, 2.45) is 0 Å². The fraction of sp³-hybridized carbons (Fsp3) is 0.488. The summed E-state index contributed by atoms with van der Waals surface area (Å²) in [7, 11) is 0. The largest absolute Gasteiger partial charge is 0.493 e. The molecule has 0 amide bonds. The molecular formula is C43H52N2O2. The fourth-order valence-corrected chi connectivity index (χ4v) is 6.70. The molecule has 2 heterocycles. The SMILES string of the molecule is CCCCCCCCCCCCC#CC#CCCCCCCCCCOc1ccc2c(=O)n3c4ccccc4nc3c3cccc1c23. The van der Waals surface area contributed by atoms with Crippen molar-refractivity contribution >= 4 is 38.2 Å². The number of nitrogens with zero attached hydrogens (tertiary/aromatic N) is 2. The number of hydrogen-bond acceptors (Lipinski definition) is 3. The highest BCUT2D eigenvalue weighted by Gasteiger charge is 2.17. The average molecular weight is 629 g/mol. The van der Waals surface area contributed by atoms with E-state index in [1.165, 1.54) is 96.3 Å². The Morgan fingerprint density at radius 3 is 1.89 bits per heavy atom. The Balaban J connectivity index is 0.929. The number of benzene rings is 3. The van der Waals surface area contributed by atoms with Gasteiger partial charge in [0.25, 0.3) is 5.56 Å². The number of rotatable bonds is 20. The number of pyridine rings is 1. The summed E-state index contributed by atoms with van der Waals surface area (Å²) < 4.78 is 8.01. The van der Waals surface area contributed by atoms with Gasteiger partial charge in [0.1, 0.15) is 11.4 Å². The maximum atomic E-state index is 13.5. The van der Waals surface area contributed by atoms with Gasteiger partial charge in [0.15, 0.2) is 0 Å². The minimum absolute atomic E-state index is 0.0283. The summed E-state index contributed by atoms with van der Waals surface area (Å²) in [6.07, 6.45) is 24.0.